The fraction of sp³-hybridized carbons (Fsp3) is 0.231. The van der Waals surface area contributed by atoms with Gasteiger partial charge in [0.25, 0.3) is 0 Å². The third-order valence-electron chi connectivity index (χ3n) is 2.89. The van der Waals surface area contributed by atoms with Crippen LogP contribution in [0.25, 0.3) is 0 Å². The van der Waals surface area contributed by atoms with E-state index in [0.717, 1.165) is 6.07 Å². The van der Waals surface area contributed by atoms with Gasteiger partial charge in [0.05, 0.1) is 25.0 Å². The summed E-state index contributed by atoms with van der Waals surface area (Å²) < 4.78 is 31.2. The maximum Gasteiger partial charge on any atom is 0.335 e. The summed E-state index contributed by atoms with van der Waals surface area (Å²) >= 11 is 0. The van der Waals surface area contributed by atoms with Crippen molar-refractivity contribution in [3.8, 4) is 5.75 Å². The molecule has 1 aromatic carbocycles. The zero-order chi connectivity index (χ0) is 15.5. The highest BCUT2D eigenvalue weighted by molar-refractivity contribution is 7.91. The number of methoxy groups -OCH3 is 1. The number of carboxylic acids is 1. The Labute approximate surface area is 121 Å². The van der Waals surface area contributed by atoms with Crippen LogP contribution < -0.4 is 4.74 Å². The standard InChI is InChI=1S/C13H14N2O5S/c1-20-11-4-3-10(13(16)17)9-12(11)21(18,19)8-7-15-6-2-5-14-15/h2-6,9H,7-8H2,1H3,(H,16,17). The Kier molecular flexibility index (Phi) is 4.27. The quantitative estimate of drug-likeness (QED) is 0.856. The van der Waals surface area contributed by atoms with Crippen LogP contribution >= 0.6 is 0 Å². The zero-order valence-electron chi connectivity index (χ0n) is 11.3. The predicted molar refractivity (Wildman–Crippen MR) is 74.2 cm³/mol. The Morgan fingerprint density at radius 3 is 2.76 bits per heavy atom. The first-order valence-corrected chi connectivity index (χ1v) is 7.71. The van der Waals surface area contributed by atoms with E-state index in [-0.39, 0.29) is 28.5 Å². The van der Waals surface area contributed by atoms with Gasteiger partial charge in [-0.05, 0) is 24.3 Å². The van der Waals surface area contributed by atoms with Crippen LogP contribution in [0.2, 0.25) is 0 Å². The average Bonchev–Trinajstić information content (AvgIpc) is 2.98. The topological polar surface area (TPSA) is 98.5 Å². The molecule has 2 rings (SSSR count). The Bertz CT molecular complexity index is 738. The molecule has 0 saturated heterocycles. The Hall–Kier alpha value is -2.35. The molecule has 0 radical (unpaired) electrons. The second-order valence-corrected chi connectivity index (χ2v) is 6.34. The molecule has 0 aliphatic carbocycles. The van der Waals surface area contributed by atoms with Crippen LogP contribution in [0.3, 0.4) is 0 Å². The molecular weight excluding hydrogens is 296 g/mol. The van der Waals surface area contributed by atoms with Gasteiger partial charge in [0.1, 0.15) is 10.6 Å². The molecule has 0 aliphatic rings. The molecule has 1 heterocycles. The van der Waals surface area contributed by atoms with Crippen LogP contribution in [0.5, 0.6) is 5.75 Å². The SMILES string of the molecule is COc1ccc(C(=O)O)cc1S(=O)(=O)CCn1cccn1. The minimum absolute atomic E-state index is 0.103. The smallest absolute Gasteiger partial charge is 0.335 e. The van der Waals surface area contributed by atoms with Crippen LogP contribution in [-0.2, 0) is 16.4 Å². The van der Waals surface area contributed by atoms with Crippen molar-refractivity contribution < 1.29 is 23.1 Å². The minimum Gasteiger partial charge on any atom is -0.495 e. The maximum absolute atomic E-state index is 12.4. The monoisotopic (exact) mass is 310 g/mol. The summed E-state index contributed by atoms with van der Waals surface area (Å²) in [6.45, 7) is 0.176. The van der Waals surface area contributed by atoms with E-state index in [1.54, 1.807) is 18.5 Å². The molecule has 2 aromatic rings. The fourth-order valence-electron chi connectivity index (χ4n) is 1.81. The summed E-state index contributed by atoms with van der Waals surface area (Å²) in [7, 11) is -2.35. The molecule has 0 amide bonds. The lowest BCUT2D eigenvalue weighted by Gasteiger charge is -2.10. The van der Waals surface area contributed by atoms with Crippen LogP contribution in [0.1, 0.15) is 10.4 Å². The summed E-state index contributed by atoms with van der Waals surface area (Å²) in [5, 5.41) is 12.9. The van der Waals surface area contributed by atoms with Crippen molar-refractivity contribution in [2.45, 2.75) is 11.4 Å². The molecule has 7 nitrogen and oxygen atoms in total. The number of aromatic nitrogens is 2. The van der Waals surface area contributed by atoms with Crippen molar-refractivity contribution in [2.24, 2.45) is 0 Å². The molecule has 0 saturated carbocycles. The van der Waals surface area contributed by atoms with Gasteiger partial charge in [-0.1, -0.05) is 0 Å². The largest absolute Gasteiger partial charge is 0.495 e. The summed E-state index contributed by atoms with van der Waals surface area (Å²) in [5.74, 6) is -1.27. The number of sulfone groups is 1. The van der Waals surface area contributed by atoms with E-state index in [9.17, 15) is 13.2 Å². The van der Waals surface area contributed by atoms with Gasteiger partial charge >= 0.3 is 5.97 Å². The fourth-order valence-corrected chi connectivity index (χ4v) is 3.22. The first-order valence-electron chi connectivity index (χ1n) is 6.05. The Morgan fingerprint density at radius 1 is 1.43 bits per heavy atom. The second-order valence-electron chi connectivity index (χ2n) is 4.26. The summed E-state index contributed by atoms with van der Waals surface area (Å²) in [6, 6.07) is 5.44. The van der Waals surface area contributed by atoms with Crippen molar-refractivity contribution in [3.05, 3.63) is 42.2 Å². The number of hydrogen-bond acceptors (Lipinski definition) is 5. The van der Waals surface area contributed by atoms with E-state index >= 15 is 0 Å². The number of benzene rings is 1. The molecule has 0 unspecified atom stereocenters. The number of nitrogens with zero attached hydrogens (tertiary/aromatic N) is 2. The summed E-state index contributed by atoms with van der Waals surface area (Å²) in [6.07, 6.45) is 3.21. The highest BCUT2D eigenvalue weighted by atomic mass is 32.2. The number of aromatic carboxylic acids is 1. The summed E-state index contributed by atoms with van der Waals surface area (Å²) in [5.41, 5.74) is -0.103. The summed E-state index contributed by atoms with van der Waals surface area (Å²) in [4.78, 5) is 10.8. The normalized spacial score (nSPS) is 11.3. The molecule has 21 heavy (non-hydrogen) atoms. The van der Waals surface area contributed by atoms with E-state index in [0.29, 0.717) is 0 Å². The molecule has 0 bridgehead atoms. The van der Waals surface area contributed by atoms with Crippen LogP contribution in [0.4, 0.5) is 0 Å². The highest BCUT2D eigenvalue weighted by Gasteiger charge is 2.21. The van der Waals surface area contributed by atoms with Crippen LogP contribution in [0.15, 0.2) is 41.6 Å². The number of hydrogen-bond donors (Lipinski definition) is 1. The molecule has 1 aromatic heterocycles. The second kappa shape index (κ2) is 5.96. The lowest BCUT2D eigenvalue weighted by atomic mass is 10.2. The highest BCUT2D eigenvalue weighted by Crippen LogP contribution is 2.26. The Balaban J connectivity index is 2.33. The molecule has 8 heteroatoms. The van der Waals surface area contributed by atoms with Crippen molar-refractivity contribution in [2.75, 3.05) is 12.9 Å². The van der Waals surface area contributed by atoms with Gasteiger partial charge in [-0.15, -0.1) is 0 Å². The van der Waals surface area contributed by atoms with Crippen LogP contribution in [-0.4, -0.2) is 42.1 Å². The van der Waals surface area contributed by atoms with Crippen molar-refractivity contribution in [1.82, 2.24) is 9.78 Å². The minimum atomic E-state index is -3.68. The molecular formula is C13H14N2O5S. The zero-order valence-corrected chi connectivity index (χ0v) is 12.1. The van der Waals surface area contributed by atoms with Gasteiger partial charge in [-0.25, -0.2) is 13.2 Å². The van der Waals surface area contributed by atoms with Crippen LogP contribution in [0, 0.1) is 0 Å². The predicted octanol–water partition coefficient (Wildman–Crippen LogP) is 1.06. The number of carboxylic acid groups (broad SMARTS) is 1. The van der Waals surface area contributed by atoms with E-state index in [2.05, 4.69) is 5.10 Å². The Morgan fingerprint density at radius 2 is 2.19 bits per heavy atom. The van der Waals surface area contributed by atoms with Crippen molar-refractivity contribution in [1.29, 1.82) is 0 Å². The first-order chi connectivity index (χ1) is 9.94. The molecule has 0 fully saturated rings. The number of aryl methyl sites for hydroxylation is 1. The van der Waals surface area contributed by atoms with E-state index in [4.69, 9.17) is 9.84 Å². The van der Waals surface area contributed by atoms with Gasteiger partial charge in [-0.2, -0.15) is 5.10 Å². The third-order valence-corrected chi connectivity index (χ3v) is 4.60. The molecule has 0 aliphatic heterocycles. The molecule has 0 atom stereocenters. The third kappa shape index (κ3) is 3.40. The van der Waals surface area contributed by atoms with Gasteiger partial charge in [-0.3, -0.25) is 4.68 Å². The van der Waals surface area contributed by atoms with E-state index < -0.39 is 15.8 Å². The van der Waals surface area contributed by atoms with E-state index in [1.807, 2.05) is 0 Å². The molecule has 1 N–H and O–H groups in total. The lowest BCUT2D eigenvalue weighted by molar-refractivity contribution is 0.0696. The van der Waals surface area contributed by atoms with E-state index in [1.165, 1.54) is 23.9 Å². The van der Waals surface area contributed by atoms with Crippen molar-refractivity contribution in [3.63, 3.8) is 0 Å². The molecule has 0 spiro atoms. The maximum atomic E-state index is 12.4. The van der Waals surface area contributed by atoms with Gasteiger partial charge in [0, 0.05) is 12.4 Å². The number of rotatable bonds is 6. The number of carbonyl (C=O) groups is 1. The first kappa shape index (κ1) is 15.0. The number of ether oxygens (including phenoxy) is 1. The van der Waals surface area contributed by atoms with Gasteiger partial charge < -0.3 is 9.84 Å². The molecule has 112 valence electrons. The lowest BCUT2D eigenvalue weighted by Crippen LogP contribution is -2.15. The average molecular weight is 310 g/mol. The van der Waals surface area contributed by atoms with Gasteiger partial charge in [0.15, 0.2) is 9.84 Å². The van der Waals surface area contributed by atoms with Gasteiger partial charge in [0.2, 0.25) is 0 Å². The van der Waals surface area contributed by atoms with Crippen molar-refractivity contribution >= 4 is 15.8 Å².